The summed E-state index contributed by atoms with van der Waals surface area (Å²) in [5.74, 6) is 1.66. The predicted octanol–water partition coefficient (Wildman–Crippen LogP) is 5.82. The molecule has 0 amide bonds. The highest BCUT2D eigenvalue weighted by molar-refractivity contribution is 6.30. The first-order valence-electron chi connectivity index (χ1n) is 9.83. The summed E-state index contributed by atoms with van der Waals surface area (Å²) in [6, 6.07) is 18.1. The van der Waals surface area contributed by atoms with Crippen molar-refractivity contribution in [1.29, 1.82) is 0 Å². The van der Waals surface area contributed by atoms with Gasteiger partial charge in [-0.25, -0.2) is 4.98 Å². The van der Waals surface area contributed by atoms with E-state index in [0.29, 0.717) is 22.6 Å². The van der Waals surface area contributed by atoms with Gasteiger partial charge in [0.15, 0.2) is 0 Å². The molecule has 1 unspecified atom stereocenters. The number of benzene rings is 2. The SMILES string of the molecule is CNc1ncccc1-c1noc(C(Cc2ccc(C)c(C)c2)c2cccc(Cl)c2)n1. The summed E-state index contributed by atoms with van der Waals surface area (Å²) in [6.45, 7) is 4.24. The van der Waals surface area contributed by atoms with Gasteiger partial charge in [-0.15, -0.1) is 0 Å². The van der Waals surface area contributed by atoms with Crippen LogP contribution in [0, 0.1) is 13.8 Å². The van der Waals surface area contributed by atoms with Gasteiger partial charge in [-0.2, -0.15) is 4.98 Å². The number of hydrogen-bond donors (Lipinski definition) is 1. The van der Waals surface area contributed by atoms with E-state index in [2.05, 4.69) is 47.5 Å². The van der Waals surface area contributed by atoms with Crippen molar-refractivity contribution < 1.29 is 4.52 Å². The van der Waals surface area contributed by atoms with Crippen molar-refractivity contribution in [2.24, 2.45) is 0 Å². The van der Waals surface area contributed by atoms with Gasteiger partial charge in [-0.3, -0.25) is 0 Å². The van der Waals surface area contributed by atoms with E-state index in [1.165, 1.54) is 16.7 Å². The Bertz CT molecular complexity index is 1170. The van der Waals surface area contributed by atoms with Crippen LogP contribution < -0.4 is 5.32 Å². The molecular weight excluding hydrogens is 396 g/mol. The zero-order chi connectivity index (χ0) is 21.1. The Hall–Kier alpha value is -3.18. The Labute approximate surface area is 181 Å². The highest BCUT2D eigenvalue weighted by Crippen LogP contribution is 2.32. The fraction of sp³-hybridized carbons (Fsp3) is 0.208. The molecule has 0 saturated heterocycles. The predicted molar refractivity (Wildman–Crippen MR) is 120 cm³/mol. The van der Waals surface area contributed by atoms with E-state index in [9.17, 15) is 0 Å². The normalized spacial score (nSPS) is 12.0. The standard InChI is InChI=1S/C24H23ClN4O/c1-15-9-10-17(12-16(15)2)13-21(18-6-4-7-19(25)14-18)24-28-23(29-30-24)20-8-5-11-27-22(20)26-3/h4-12,14,21H,13H2,1-3H3,(H,26,27). The van der Waals surface area contributed by atoms with Crippen LogP contribution in [-0.4, -0.2) is 22.2 Å². The number of pyridine rings is 1. The van der Waals surface area contributed by atoms with Crippen LogP contribution in [0.4, 0.5) is 5.82 Å². The number of rotatable bonds is 6. The quantitative estimate of drug-likeness (QED) is 0.427. The Morgan fingerprint density at radius 3 is 2.67 bits per heavy atom. The molecule has 0 fully saturated rings. The summed E-state index contributed by atoms with van der Waals surface area (Å²) in [7, 11) is 1.82. The molecule has 0 aliphatic carbocycles. The zero-order valence-electron chi connectivity index (χ0n) is 17.2. The fourth-order valence-corrected chi connectivity index (χ4v) is 3.71. The summed E-state index contributed by atoms with van der Waals surface area (Å²) in [6.07, 6.45) is 2.46. The number of anilines is 1. The largest absolute Gasteiger partial charge is 0.373 e. The van der Waals surface area contributed by atoms with E-state index in [1.54, 1.807) is 6.20 Å². The first-order valence-corrected chi connectivity index (χ1v) is 10.2. The lowest BCUT2D eigenvalue weighted by molar-refractivity contribution is 0.365. The van der Waals surface area contributed by atoms with Crippen LogP contribution in [0.2, 0.25) is 5.02 Å². The van der Waals surface area contributed by atoms with Gasteiger partial charge < -0.3 is 9.84 Å². The summed E-state index contributed by atoms with van der Waals surface area (Å²) < 4.78 is 5.74. The topological polar surface area (TPSA) is 63.8 Å². The van der Waals surface area contributed by atoms with Crippen LogP contribution in [0.5, 0.6) is 0 Å². The fourth-order valence-electron chi connectivity index (χ4n) is 3.51. The highest BCUT2D eigenvalue weighted by atomic mass is 35.5. The molecule has 5 nitrogen and oxygen atoms in total. The smallest absolute Gasteiger partial charge is 0.234 e. The molecule has 0 aliphatic heterocycles. The summed E-state index contributed by atoms with van der Waals surface area (Å²) in [5, 5.41) is 7.99. The third-order valence-electron chi connectivity index (χ3n) is 5.29. The minimum absolute atomic E-state index is 0.109. The van der Waals surface area contributed by atoms with E-state index in [0.717, 1.165) is 17.5 Å². The van der Waals surface area contributed by atoms with Crippen LogP contribution in [0.15, 0.2) is 65.3 Å². The molecule has 152 valence electrons. The molecule has 1 N–H and O–H groups in total. The molecule has 0 saturated carbocycles. The Morgan fingerprint density at radius 2 is 1.90 bits per heavy atom. The second-order valence-corrected chi connectivity index (χ2v) is 7.77. The molecule has 0 radical (unpaired) electrons. The van der Waals surface area contributed by atoms with Crippen LogP contribution in [0.25, 0.3) is 11.4 Å². The molecule has 6 heteroatoms. The first kappa shape index (κ1) is 20.1. The van der Waals surface area contributed by atoms with E-state index >= 15 is 0 Å². The summed E-state index contributed by atoms with van der Waals surface area (Å²) in [4.78, 5) is 9.06. The zero-order valence-corrected chi connectivity index (χ0v) is 17.9. The minimum Gasteiger partial charge on any atom is -0.373 e. The van der Waals surface area contributed by atoms with Crippen molar-refractivity contribution in [2.45, 2.75) is 26.2 Å². The lowest BCUT2D eigenvalue weighted by atomic mass is 9.90. The summed E-state index contributed by atoms with van der Waals surface area (Å²) >= 11 is 6.28. The van der Waals surface area contributed by atoms with Gasteiger partial charge in [-0.1, -0.05) is 47.1 Å². The molecule has 2 aromatic heterocycles. The number of halogens is 1. The monoisotopic (exact) mass is 418 g/mol. The molecule has 0 spiro atoms. The van der Waals surface area contributed by atoms with Crippen molar-refractivity contribution in [1.82, 2.24) is 15.1 Å². The van der Waals surface area contributed by atoms with E-state index in [4.69, 9.17) is 21.1 Å². The second-order valence-electron chi connectivity index (χ2n) is 7.34. The van der Waals surface area contributed by atoms with Crippen LogP contribution >= 0.6 is 11.6 Å². The van der Waals surface area contributed by atoms with Crippen molar-refractivity contribution in [3.63, 3.8) is 0 Å². The molecule has 30 heavy (non-hydrogen) atoms. The number of nitrogens with zero attached hydrogens (tertiary/aromatic N) is 3. The molecule has 0 aliphatic rings. The molecule has 1 atom stereocenters. The molecular formula is C24H23ClN4O. The van der Waals surface area contributed by atoms with Gasteiger partial charge in [-0.05, 0) is 66.8 Å². The van der Waals surface area contributed by atoms with E-state index < -0.39 is 0 Å². The average Bonchev–Trinajstić information content (AvgIpc) is 3.24. The third kappa shape index (κ3) is 4.21. The van der Waals surface area contributed by atoms with Crippen molar-refractivity contribution >= 4 is 17.4 Å². The number of hydrogen-bond acceptors (Lipinski definition) is 5. The molecule has 4 rings (SSSR count). The Morgan fingerprint density at radius 1 is 1.03 bits per heavy atom. The number of nitrogens with one attached hydrogen (secondary N) is 1. The van der Waals surface area contributed by atoms with Gasteiger partial charge in [0.1, 0.15) is 5.82 Å². The maximum atomic E-state index is 6.28. The average molecular weight is 419 g/mol. The maximum Gasteiger partial charge on any atom is 0.234 e. The Kier molecular flexibility index (Phi) is 5.81. The van der Waals surface area contributed by atoms with E-state index in [-0.39, 0.29) is 5.92 Å². The highest BCUT2D eigenvalue weighted by Gasteiger charge is 2.23. The second kappa shape index (κ2) is 8.67. The van der Waals surface area contributed by atoms with Gasteiger partial charge in [0.2, 0.25) is 11.7 Å². The maximum absolute atomic E-state index is 6.28. The van der Waals surface area contributed by atoms with Gasteiger partial charge in [0, 0.05) is 18.3 Å². The van der Waals surface area contributed by atoms with Crippen molar-refractivity contribution in [3.8, 4) is 11.4 Å². The van der Waals surface area contributed by atoms with Gasteiger partial charge in [0.25, 0.3) is 0 Å². The Balaban J connectivity index is 1.74. The lowest BCUT2D eigenvalue weighted by Gasteiger charge is -2.15. The van der Waals surface area contributed by atoms with Crippen LogP contribution in [-0.2, 0) is 6.42 Å². The van der Waals surface area contributed by atoms with Crippen LogP contribution in [0.1, 0.15) is 34.1 Å². The van der Waals surface area contributed by atoms with E-state index in [1.807, 2.05) is 43.4 Å². The van der Waals surface area contributed by atoms with Gasteiger partial charge >= 0.3 is 0 Å². The van der Waals surface area contributed by atoms with Crippen LogP contribution in [0.3, 0.4) is 0 Å². The lowest BCUT2D eigenvalue weighted by Crippen LogP contribution is -2.06. The number of aromatic nitrogens is 3. The van der Waals surface area contributed by atoms with Crippen molar-refractivity contribution in [2.75, 3.05) is 12.4 Å². The van der Waals surface area contributed by atoms with Gasteiger partial charge in [0.05, 0.1) is 11.5 Å². The molecule has 4 aromatic rings. The third-order valence-corrected chi connectivity index (χ3v) is 5.52. The minimum atomic E-state index is -0.109. The molecule has 0 bridgehead atoms. The van der Waals surface area contributed by atoms with Crippen molar-refractivity contribution in [3.05, 3.63) is 94.0 Å². The molecule has 2 aromatic carbocycles. The summed E-state index contributed by atoms with van der Waals surface area (Å²) in [5.41, 5.74) is 5.58. The molecule has 2 heterocycles. The first-order chi connectivity index (χ1) is 14.5. The number of aryl methyl sites for hydroxylation is 2.